The van der Waals surface area contributed by atoms with Crippen molar-refractivity contribution in [3.63, 3.8) is 0 Å². The maximum Gasteiger partial charge on any atom is 0.270 e. The van der Waals surface area contributed by atoms with E-state index in [0.29, 0.717) is 11.2 Å². The highest BCUT2D eigenvalue weighted by molar-refractivity contribution is 7.99. The third kappa shape index (κ3) is 4.05. The highest BCUT2D eigenvalue weighted by Gasteiger charge is 2.22. The second-order valence-electron chi connectivity index (χ2n) is 4.72. The molecule has 0 atom stereocenters. The lowest BCUT2D eigenvalue weighted by molar-refractivity contribution is -0.129. The van der Waals surface area contributed by atoms with E-state index in [-0.39, 0.29) is 17.2 Å². The summed E-state index contributed by atoms with van der Waals surface area (Å²) in [4.78, 5) is 27.5. The number of thioether (sulfide) groups is 1. The number of carbonyl (C=O) groups excluding carboxylic acids is 1. The Balaban J connectivity index is 1.85. The van der Waals surface area contributed by atoms with Gasteiger partial charge in [-0.1, -0.05) is 31.0 Å². The van der Waals surface area contributed by atoms with Crippen LogP contribution in [0.4, 0.5) is 0 Å². The Morgan fingerprint density at radius 1 is 1.47 bits per heavy atom. The van der Waals surface area contributed by atoms with E-state index >= 15 is 0 Å². The Bertz CT molecular complexity index is 485. The van der Waals surface area contributed by atoms with Crippen LogP contribution in [0.25, 0.3) is 0 Å². The number of aromatic amines is 1. The molecule has 2 rings (SSSR count). The molecule has 7 heteroatoms. The summed E-state index contributed by atoms with van der Waals surface area (Å²) in [6.07, 6.45) is 6.97. The van der Waals surface area contributed by atoms with Gasteiger partial charge in [-0.05, 0) is 12.8 Å². The summed E-state index contributed by atoms with van der Waals surface area (Å²) < 4.78 is 0. The van der Waals surface area contributed by atoms with Crippen LogP contribution in [0.5, 0.6) is 0 Å². The zero-order chi connectivity index (χ0) is 13.7. The molecule has 0 spiro atoms. The molecule has 6 nitrogen and oxygen atoms in total. The Hall–Kier alpha value is -1.37. The second kappa shape index (κ2) is 6.70. The van der Waals surface area contributed by atoms with E-state index in [2.05, 4.69) is 15.2 Å². The summed E-state index contributed by atoms with van der Waals surface area (Å²) in [7, 11) is 1.86. The summed E-state index contributed by atoms with van der Waals surface area (Å²) in [5.41, 5.74) is -0.300. The molecule has 0 unspecified atom stereocenters. The number of amides is 1. The van der Waals surface area contributed by atoms with Crippen LogP contribution in [-0.2, 0) is 4.79 Å². The number of hydrogen-bond acceptors (Lipinski definition) is 5. The van der Waals surface area contributed by atoms with Crippen LogP contribution >= 0.6 is 11.8 Å². The molecule has 1 aromatic rings. The first-order valence-corrected chi connectivity index (χ1v) is 7.46. The van der Waals surface area contributed by atoms with Crippen molar-refractivity contribution in [3.8, 4) is 0 Å². The Kier molecular flexibility index (Phi) is 4.95. The van der Waals surface area contributed by atoms with Gasteiger partial charge in [-0.3, -0.25) is 14.6 Å². The highest BCUT2D eigenvalue weighted by Crippen LogP contribution is 2.22. The zero-order valence-electron chi connectivity index (χ0n) is 11.0. The summed E-state index contributed by atoms with van der Waals surface area (Å²) >= 11 is 1.21. The minimum absolute atomic E-state index is 0.0726. The van der Waals surface area contributed by atoms with Crippen LogP contribution in [0.1, 0.15) is 32.1 Å². The second-order valence-corrected chi connectivity index (χ2v) is 5.69. The molecule has 1 aromatic heterocycles. The van der Waals surface area contributed by atoms with Crippen molar-refractivity contribution in [3.05, 3.63) is 16.6 Å². The Morgan fingerprint density at radius 3 is 2.89 bits per heavy atom. The van der Waals surface area contributed by atoms with E-state index < -0.39 is 0 Å². The molecule has 0 bridgehead atoms. The molecule has 1 aliphatic rings. The Labute approximate surface area is 116 Å². The zero-order valence-corrected chi connectivity index (χ0v) is 11.8. The predicted molar refractivity (Wildman–Crippen MR) is 73.0 cm³/mol. The molecule has 1 aliphatic carbocycles. The van der Waals surface area contributed by atoms with Gasteiger partial charge in [0, 0.05) is 13.1 Å². The van der Waals surface area contributed by atoms with Gasteiger partial charge < -0.3 is 4.90 Å². The van der Waals surface area contributed by atoms with Crippen LogP contribution in [0.3, 0.4) is 0 Å². The first kappa shape index (κ1) is 14.0. The molecule has 0 saturated heterocycles. The lowest BCUT2D eigenvalue weighted by atomic mass is 9.94. The van der Waals surface area contributed by atoms with Gasteiger partial charge in [0.1, 0.15) is 6.20 Å². The van der Waals surface area contributed by atoms with Crippen LogP contribution < -0.4 is 5.56 Å². The Morgan fingerprint density at radius 2 is 2.21 bits per heavy atom. The summed E-state index contributed by atoms with van der Waals surface area (Å²) in [6.45, 7) is 0. The van der Waals surface area contributed by atoms with E-state index in [9.17, 15) is 9.59 Å². The van der Waals surface area contributed by atoms with Gasteiger partial charge in [0.25, 0.3) is 5.56 Å². The third-order valence-electron chi connectivity index (χ3n) is 3.40. The third-order valence-corrected chi connectivity index (χ3v) is 4.25. The van der Waals surface area contributed by atoms with E-state index in [4.69, 9.17) is 0 Å². The molecular weight excluding hydrogens is 264 g/mol. The number of H-pyrrole nitrogens is 1. The molecule has 0 aliphatic heterocycles. The number of aromatic nitrogens is 3. The van der Waals surface area contributed by atoms with Gasteiger partial charge >= 0.3 is 0 Å². The van der Waals surface area contributed by atoms with Crippen LogP contribution in [-0.4, -0.2) is 44.8 Å². The van der Waals surface area contributed by atoms with E-state index in [0.717, 1.165) is 19.0 Å². The normalized spacial score (nSPS) is 16.3. The molecule has 19 heavy (non-hydrogen) atoms. The van der Waals surface area contributed by atoms with Crippen LogP contribution in [0.2, 0.25) is 0 Å². The average Bonchev–Trinajstić information content (AvgIpc) is 2.45. The fraction of sp³-hybridized carbons (Fsp3) is 0.667. The lowest BCUT2D eigenvalue weighted by Crippen LogP contribution is -2.39. The smallest absolute Gasteiger partial charge is 0.270 e. The number of hydrogen-bond donors (Lipinski definition) is 1. The molecule has 1 amide bonds. The first-order chi connectivity index (χ1) is 9.16. The monoisotopic (exact) mass is 282 g/mol. The van der Waals surface area contributed by atoms with Crippen molar-refractivity contribution >= 4 is 17.7 Å². The van der Waals surface area contributed by atoms with E-state index in [1.807, 2.05) is 11.9 Å². The largest absolute Gasteiger partial charge is 0.342 e. The maximum atomic E-state index is 12.1. The minimum atomic E-state index is -0.300. The number of rotatable bonds is 4. The summed E-state index contributed by atoms with van der Waals surface area (Å²) in [6, 6.07) is 0.364. The highest BCUT2D eigenvalue weighted by atomic mass is 32.2. The van der Waals surface area contributed by atoms with Gasteiger partial charge in [0.05, 0.1) is 5.75 Å². The maximum absolute atomic E-state index is 12.1. The predicted octanol–water partition coefficient (Wildman–Crippen LogP) is 1.05. The summed E-state index contributed by atoms with van der Waals surface area (Å²) in [5.74, 6) is 0.352. The van der Waals surface area contributed by atoms with Crippen molar-refractivity contribution in [1.82, 2.24) is 20.1 Å². The molecule has 104 valence electrons. The fourth-order valence-electron chi connectivity index (χ4n) is 2.27. The van der Waals surface area contributed by atoms with Crippen molar-refractivity contribution in [2.24, 2.45) is 0 Å². The van der Waals surface area contributed by atoms with E-state index in [1.54, 1.807) is 0 Å². The SMILES string of the molecule is CN(C(=O)CSc1nncc(=O)[nH]1)C1CCCCC1. The van der Waals surface area contributed by atoms with Gasteiger partial charge in [-0.15, -0.1) is 5.10 Å². The van der Waals surface area contributed by atoms with Crippen molar-refractivity contribution < 1.29 is 4.79 Å². The van der Waals surface area contributed by atoms with Crippen molar-refractivity contribution in [2.45, 2.75) is 43.3 Å². The first-order valence-electron chi connectivity index (χ1n) is 6.47. The van der Waals surface area contributed by atoms with Gasteiger partial charge in [-0.25, -0.2) is 0 Å². The van der Waals surface area contributed by atoms with Gasteiger partial charge in [0.15, 0.2) is 5.16 Å². The molecule has 1 heterocycles. The molecule has 0 radical (unpaired) electrons. The molecule has 1 fully saturated rings. The van der Waals surface area contributed by atoms with Gasteiger partial charge in [0.2, 0.25) is 5.91 Å². The standard InChI is InChI=1S/C12H18N4O2S/c1-16(9-5-3-2-4-6-9)11(18)8-19-12-14-10(17)7-13-15-12/h7,9H,2-6,8H2,1H3,(H,14,15,17). The molecule has 1 saturated carbocycles. The van der Waals surface area contributed by atoms with Crippen LogP contribution in [0.15, 0.2) is 16.1 Å². The van der Waals surface area contributed by atoms with Crippen molar-refractivity contribution in [1.29, 1.82) is 0 Å². The van der Waals surface area contributed by atoms with Crippen molar-refractivity contribution in [2.75, 3.05) is 12.8 Å². The quantitative estimate of drug-likeness (QED) is 0.835. The topological polar surface area (TPSA) is 79.0 Å². The summed E-state index contributed by atoms with van der Waals surface area (Å²) in [5, 5.41) is 7.71. The van der Waals surface area contributed by atoms with E-state index in [1.165, 1.54) is 31.0 Å². The molecular formula is C12H18N4O2S. The average molecular weight is 282 g/mol. The minimum Gasteiger partial charge on any atom is -0.342 e. The lowest BCUT2D eigenvalue weighted by Gasteiger charge is -2.31. The van der Waals surface area contributed by atoms with Gasteiger partial charge in [-0.2, -0.15) is 5.10 Å². The van der Waals surface area contributed by atoms with Crippen LogP contribution in [0, 0.1) is 0 Å². The fourth-order valence-corrected chi connectivity index (χ4v) is 3.01. The number of nitrogens with one attached hydrogen (secondary N) is 1. The molecule has 0 aromatic carbocycles. The number of carbonyl (C=O) groups is 1. The number of nitrogens with zero attached hydrogens (tertiary/aromatic N) is 3. The molecule has 1 N–H and O–H groups in total.